The molecule has 4 nitrogen and oxygen atoms in total. The lowest BCUT2D eigenvalue weighted by atomic mass is 9.77. The van der Waals surface area contributed by atoms with Crippen LogP contribution in [0.4, 0.5) is 5.69 Å². The van der Waals surface area contributed by atoms with E-state index in [4.69, 9.17) is 0 Å². The highest BCUT2D eigenvalue weighted by Crippen LogP contribution is 2.33. The number of aryl methyl sites for hydroxylation is 2. The Morgan fingerprint density at radius 3 is 2.81 bits per heavy atom. The number of anilines is 1. The predicted octanol–water partition coefficient (Wildman–Crippen LogP) is 3.10. The summed E-state index contributed by atoms with van der Waals surface area (Å²) in [6.07, 6.45) is 12.7. The van der Waals surface area contributed by atoms with Crippen molar-refractivity contribution in [3.05, 3.63) is 11.9 Å². The standard InChI is InChI=1S/C17H30N4/c1-3-14-17(12-21(2)20-14)19-16-10-5-4-8-13(16)15-9-6-7-11-18-15/h12-13,15-16,18-19H,3-11H2,1-2H3. The fourth-order valence-corrected chi connectivity index (χ4v) is 4.18. The topological polar surface area (TPSA) is 41.9 Å². The van der Waals surface area contributed by atoms with E-state index in [0.717, 1.165) is 18.4 Å². The quantitative estimate of drug-likeness (QED) is 0.895. The summed E-state index contributed by atoms with van der Waals surface area (Å²) in [7, 11) is 2.02. The zero-order valence-corrected chi connectivity index (χ0v) is 13.6. The van der Waals surface area contributed by atoms with Gasteiger partial charge in [-0.2, -0.15) is 5.10 Å². The highest BCUT2D eigenvalue weighted by molar-refractivity contribution is 5.47. The number of hydrogen-bond acceptors (Lipinski definition) is 3. The van der Waals surface area contributed by atoms with Gasteiger partial charge in [0.15, 0.2) is 0 Å². The van der Waals surface area contributed by atoms with Gasteiger partial charge >= 0.3 is 0 Å². The Labute approximate surface area is 128 Å². The predicted molar refractivity (Wildman–Crippen MR) is 87.6 cm³/mol. The van der Waals surface area contributed by atoms with Crippen molar-refractivity contribution in [3.63, 3.8) is 0 Å². The molecule has 2 N–H and O–H groups in total. The summed E-state index contributed by atoms with van der Waals surface area (Å²) < 4.78 is 1.94. The summed E-state index contributed by atoms with van der Waals surface area (Å²) in [6, 6.07) is 1.34. The minimum Gasteiger partial charge on any atom is -0.379 e. The Kier molecular flexibility index (Phi) is 4.84. The van der Waals surface area contributed by atoms with Crippen molar-refractivity contribution < 1.29 is 0 Å². The number of rotatable bonds is 4. The molecule has 0 bridgehead atoms. The van der Waals surface area contributed by atoms with Gasteiger partial charge in [0.1, 0.15) is 0 Å². The van der Waals surface area contributed by atoms with E-state index in [1.807, 2.05) is 11.7 Å². The number of nitrogens with one attached hydrogen (secondary N) is 2. The zero-order valence-electron chi connectivity index (χ0n) is 13.6. The fraction of sp³-hybridized carbons (Fsp3) is 0.824. The van der Waals surface area contributed by atoms with Crippen LogP contribution in [-0.4, -0.2) is 28.4 Å². The maximum Gasteiger partial charge on any atom is 0.0853 e. The summed E-state index contributed by atoms with van der Waals surface area (Å²) >= 11 is 0. The number of piperidine rings is 1. The Morgan fingerprint density at radius 2 is 2.05 bits per heavy atom. The Hall–Kier alpha value is -1.03. The fourth-order valence-electron chi connectivity index (χ4n) is 4.18. The number of aromatic nitrogens is 2. The van der Waals surface area contributed by atoms with Gasteiger partial charge in [-0.05, 0) is 44.6 Å². The second kappa shape index (κ2) is 6.82. The van der Waals surface area contributed by atoms with Gasteiger partial charge in [-0.1, -0.05) is 26.2 Å². The van der Waals surface area contributed by atoms with Crippen LogP contribution in [0.2, 0.25) is 0 Å². The monoisotopic (exact) mass is 290 g/mol. The molecule has 1 aliphatic carbocycles. The van der Waals surface area contributed by atoms with Gasteiger partial charge in [0.2, 0.25) is 0 Å². The molecule has 1 aliphatic heterocycles. The van der Waals surface area contributed by atoms with E-state index in [1.165, 1.54) is 62.9 Å². The largest absolute Gasteiger partial charge is 0.379 e. The maximum absolute atomic E-state index is 4.57. The highest BCUT2D eigenvalue weighted by atomic mass is 15.3. The molecule has 3 unspecified atom stereocenters. The Balaban J connectivity index is 1.71. The summed E-state index contributed by atoms with van der Waals surface area (Å²) in [5.74, 6) is 0.781. The molecule has 4 heteroatoms. The van der Waals surface area contributed by atoms with Crippen LogP contribution in [0.15, 0.2) is 6.20 Å². The van der Waals surface area contributed by atoms with Gasteiger partial charge in [-0.3, -0.25) is 4.68 Å². The molecule has 3 atom stereocenters. The van der Waals surface area contributed by atoms with E-state index in [-0.39, 0.29) is 0 Å². The molecule has 1 saturated heterocycles. The second-order valence-electron chi connectivity index (χ2n) is 6.77. The van der Waals surface area contributed by atoms with Crippen molar-refractivity contribution in [1.29, 1.82) is 0 Å². The summed E-state index contributed by atoms with van der Waals surface area (Å²) in [4.78, 5) is 0. The van der Waals surface area contributed by atoms with Crippen LogP contribution in [0.25, 0.3) is 0 Å². The Bertz CT molecular complexity index is 448. The summed E-state index contributed by atoms with van der Waals surface area (Å²) in [5, 5.41) is 12.2. The summed E-state index contributed by atoms with van der Waals surface area (Å²) in [6.45, 7) is 3.40. The van der Waals surface area contributed by atoms with Crippen LogP contribution in [-0.2, 0) is 13.5 Å². The first-order valence-corrected chi connectivity index (χ1v) is 8.80. The molecule has 0 spiro atoms. The lowest BCUT2D eigenvalue weighted by Gasteiger charge is -2.40. The first-order chi connectivity index (χ1) is 10.3. The van der Waals surface area contributed by atoms with E-state index < -0.39 is 0 Å². The molecule has 3 rings (SSSR count). The third-order valence-electron chi connectivity index (χ3n) is 5.27. The molecule has 1 aromatic rings. The van der Waals surface area contributed by atoms with Crippen molar-refractivity contribution in [2.75, 3.05) is 11.9 Å². The van der Waals surface area contributed by atoms with Gasteiger partial charge < -0.3 is 10.6 Å². The lowest BCUT2D eigenvalue weighted by Crippen LogP contribution is -2.48. The second-order valence-corrected chi connectivity index (χ2v) is 6.77. The van der Waals surface area contributed by atoms with Gasteiger partial charge in [0.25, 0.3) is 0 Å². The van der Waals surface area contributed by atoms with E-state index in [1.54, 1.807) is 0 Å². The van der Waals surface area contributed by atoms with Gasteiger partial charge in [0.05, 0.1) is 11.4 Å². The average molecular weight is 290 g/mol. The van der Waals surface area contributed by atoms with Crippen LogP contribution in [0.1, 0.15) is 57.6 Å². The molecule has 118 valence electrons. The van der Waals surface area contributed by atoms with Crippen molar-refractivity contribution in [3.8, 4) is 0 Å². The highest BCUT2D eigenvalue weighted by Gasteiger charge is 2.32. The smallest absolute Gasteiger partial charge is 0.0853 e. The molecule has 2 heterocycles. The number of hydrogen-bond donors (Lipinski definition) is 2. The molecule has 1 aromatic heterocycles. The van der Waals surface area contributed by atoms with Gasteiger partial charge in [-0.25, -0.2) is 0 Å². The average Bonchev–Trinajstić information content (AvgIpc) is 2.88. The molecule has 2 aliphatic rings. The van der Waals surface area contributed by atoms with Crippen LogP contribution < -0.4 is 10.6 Å². The van der Waals surface area contributed by atoms with E-state index in [9.17, 15) is 0 Å². The minimum atomic E-state index is 0.615. The lowest BCUT2D eigenvalue weighted by molar-refractivity contribution is 0.217. The van der Waals surface area contributed by atoms with Crippen molar-refractivity contribution in [2.24, 2.45) is 13.0 Å². The first kappa shape index (κ1) is 14.9. The molecule has 0 amide bonds. The molecule has 0 aromatic carbocycles. The van der Waals surface area contributed by atoms with E-state index in [0.29, 0.717) is 6.04 Å². The van der Waals surface area contributed by atoms with Crippen molar-refractivity contribution in [1.82, 2.24) is 15.1 Å². The molecule has 1 saturated carbocycles. The minimum absolute atomic E-state index is 0.615. The van der Waals surface area contributed by atoms with Crippen LogP contribution in [0.3, 0.4) is 0 Å². The van der Waals surface area contributed by atoms with Crippen LogP contribution in [0.5, 0.6) is 0 Å². The Morgan fingerprint density at radius 1 is 1.24 bits per heavy atom. The zero-order chi connectivity index (χ0) is 14.7. The normalized spacial score (nSPS) is 30.3. The summed E-state index contributed by atoms with van der Waals surface area (Å²) in [5.41, 5.74) is 2.46. The van der Waals surface area contributed by atoms with Crippen molar-refractivity contribution in [2.45, 2.75) is 70.4 Å². The van der Waals surface area contributed by atoms with Crippen LogP contribution >= 0.6 is 0 Å². The molecule has 21 heavy (non-hydrogen) atoms. The van der Waals surface area contributed by atoms with Crippen LogP contribution in [0, 0.1) is 5.92 Å². The third kappa shape index (κ3) is 3.42. The van der Waals surface area contributed by atoms with Gasteiger partial charge in [0, 0.05) is 25.3 Å². The van der Waals surface area contributed by atoms with E-state index >= 15 is 0 Å². The van der Waals surface area contributed by atoms with Gasteiger partial charge in [-0.15, -0.1) is 0 Å². The maximum atomic E-state index is 4.57. The molecule has 2 fully saturated rings. The molecular formula is C17H30N4. The van der Waals surface area contributed by atoms with Crippen molar-refractivity contribution >= 4 is 5.69 Å². The third-order valence-corrected chi connectivity index (χ3v) is 5.27. The number of nitrogens with zero attached hydrogens (tertiary/aromatic N) is 2. The first-order valence-electron chi connectivity index (χ1n) is 8.80. The van der Waals surface area contributed by atoms with E-state index in [2.05, 4.69) is 28.9 Å². The SMILES string of the molecule is CCc1nn(C)cc1NC1CCCCC1C1CCCCN1. The molecule has 0 radical (unpaired) electrons. The molecular weight excluding hydrogens is 260 g/mol.